The standard InChI is InChI=1S/C14H18Br2O2/c15-10-11-9-13(5-6-14(11)16)18-8-2-4-12-3-1-7-17-12/h5-6,9,12H,1-4,7-8,10H2. The third-order valence-corrected chi connectivity index (χ3v) is 4.50. The number of benzene rings is 1. The van der Waals surface area contributed by atoms with Crippen LogP contribution in [0.15, 0.2) is 22.7 Å². The summed E-state index contributed by atoms with van der Waals surface area (Å²) in [5.74, 6) is 0.944. The second kappa shape index (κ2) is 7.51. The first-order valence-electron chi connectivity index (χ1n) is 6.38. The molecule has 1 atom stereocenters. The van der Waals surface area contributed by atoms with Crippen molar-refractivity contribution >= 4 is 31.9 Å². The molecule has 1 unspecified atom stereocenters. The van der Waals surface area contributed by atoms with Crippen molar-refractivity contribution in [1.29, 1.82) is 0 Å². The molecule has 0 spiro atoms. The van der Waals surface area contributed by atoms with Gasteiger partial charge in [0.25, 0.3) is 0 Å². The van der Waals surface area contributed by atoms with Gasteiger partial charge in [-0.3, -0.25) is 0 Å². The number of hydrogen-bond donors (Lipinski definition) is 0. The Morgan fingerprint density at radius 2 is 2.28 bits per heavy atom. The molecule has 4 heteroatoms. The lowest BCUT2D eigenvalue weighted by atomic mass is 10.1. The van der Waals surface area contributed by atoms with Gasteiger partial charge >= 0.3 is 0 Å². The molecule has 1 aromatic rings. The maximum atomic E-state index is 5.77. The van der Waals surface area contributed by atoms with Crippen LogP contribution in [0.4, 0.5) is 0 Å². The minimum absolute atomic E-state index is 0.469. The van der Waals surface area contributed by atoms with Gasteiger partial charge in [0.2, 0.25) is 0 Å². The van der Waals surface area contributed by atoms with Gasteiger partial charge in [0, 0.05) is 16.4 Å². The summed E-state index contributed by atoms with van der Waals surface area (Å²) < 4.78 is 12.5. The summed E-state index contributed by atoms with van der Waals surface area (Å²) in [6, 6.07) is 6.11. The molecule has 0 bridgehead atoms. The van der Waals surface area contributed by atoms with Crippen molar-refractivity contribution in [3.8, 4) is 5.75 Å². The minimum Gasteiger partial charge on any atom is -0.494 e. The molecule has 2 nitrogen and oxygen atoms in total. The fourth-order valence-corrected chi connectivity index (χ4v) is 3.34. The number of halogens is 2. The van der Waals surface area contributed by atoms with Crippen molar-refractivity contribution in [2.45, 2.75) is 37.1 Å². The normalized spacial score (nSPS) is 19.1. The molecular weight excluding hydrogens is 360 g/mol. The van der Waals surface area contributed by atoms with Crippen molar-refractivity contribution in [2.24, 2.45) is 0 Å². The van der Waals surface area contributed by atoms with Crippen molar-refractivity contribution in [1.82, 2.24) is 0 Å². The maximum Gasteiger partial charge on any atom is 0.119 e. The molecule has 0 N–H and O–H groups in total. The van der Waals surface area contributed by atoms with E-state index in [1.807, 2.05) is 12.1 Å². The second-order valence-electron chi connectivity index (χ2n) is 4.51. The first-order chi connectivity index (χ1) is 8.79. The SMILES string of the molecule is BrCc1cc(OCCCC2CCCO2)ccc1Br. The van der Waals surface area contributed by atoms with Crippen LogP contribution in [-0.2, 0) is 10.1 Å². The van der Waals surface area contributed by atoms with Crippen LogP contribution in [0.3, 0.4) is 0 Å². The van der Waals surface area contributed by atoms with E-state index in [0.717, 1.165) is 41.6 Å². The van der Waals surface area contributed by atoms with Crippen LogP contribution >= 0.6 is 31.9 Å². The van der Waals surface area contributed by atoms with Gasteiger partial charge in [-0.25, -0.2) is 0 Å². The van der Waals surface area contributed by atoms with E-state index in [9.17, 15) is 0 Å². The number of hydrogen-bond acceptors (Lipinski definition) is 2. The van der Waals surface area contributed by atoms with Crippen molar-refractivity contribution in [3.63, 3.8) is 0 Å². The van der Waals surface area contributed by atoms with E-state index in [-0.39, 0.29) is 0 Å². The van der Waals surface area contributed by atoms with Crippen LogP contribution in [-0.4, -0.2) is 19.3 Å². The van der Waals surface area contributed by atoms with E-state index in [4.69, 9.17) is 9.47 Å². The Balaban J connectivity index is 1.72. The maximum absolute atomic E-state index is 5.77. The molecule has 2 rings (SSSR count). The Labute approximate surface area is 125 Å². The predicted molar refractivity (Wildman–Crippen MR) is 80.5 cm³/mol. The lowest BCUT2D eigenvalue weighted by Gasteiger charge is -2.11. The summed E-state index contributed by atoms with van der Waals surface area (Å²) in [5, 5.41) is 0.834. The van der Waals surface area contributed by atoms with E-state index in [2.05, 4.69) is 37.9 Å². The van der Waals surface area contributed by atoms with Crippen LogP contribution in [0.1, 0.15) is 31.2 Å². The highest BCUT2D eigenvalue weighted by Gasteiger charge is 2.14. The summed E-state index contributed by atoms with van der Waals surface area (Å²) in [6.07, 6.45) is 5.07. The van der Waals surface area contributed by atoms with Gasteiger partial charge in [0.15, 0.2) is 0 Å². The molecule has 100 valence electrons. The summed E-state index contributed by atoms with van der Waals surface area (Å²) in [6.45, 7) is 1.70. The van der Waals surface area contributed by atoms with Crippen LogP contribution < -0.4 is 4.74 Å². The van der Waals surface area contributed by atoms with Crippen molar-refractivity contribution in [3.05, 3.63) is 28.2 Å². The quantitative estimate of drug-likeness (QED) is 0.529. The Kier molecular flexibility index (Phi) is 5.99. The third kappa shape index (κ3) is 4.25. The average Bonchev–Trinajstić information content (AvgIpc) is 2.89. The van der Waals surface area contributed by atoms with Crippen LogP contribution in [0.2, 0.25) is 0 Å². The van der Waals surface area contributed by atoms with Crippen LogP contribution in [0.25, 0.3) is 0 Å². The molecule has 18 heavy (non-hydrogen) atoms. The Morgan fingerprint density at radius 1 is 1.39 bits per heavy atom. The molecule has 1 heterocycles. The molecule has 0 aliphatic carbocycles. The summed E-state index contributed by atoms with van der Waals surface area (Å²) >= 11 is 6.98. The van der Waals surface area contributed by atoms with Gasteiger partial charge in [-0.05, 0) is 49.4 Å². The van der Waals surface area contributed by atoms with Gasteiger partial charge in [0.1, 0.15) is 5.75 Å². The van der Waals surface area contributed by atoms with Gasteiger partial charge < -0.3 is 9.47 Å². The first-order valence-corrected chi connectivity index (χ1v) is 8.30. The summed E-state index contributed by atoms with van der Waals surface area (Å²) in [5.41, 5.74) is 1.21. The van der Waals surface area contributed by atoms with Gasteiger partial charge in [-0.2, -0.15) is 0 Å². The highest BCUT2D eigenvalue weighted by molar-refractivity contribution is 9.10. The zero-order chi connectivity index (χ0) is 12.8. The second-order valence-corrected chi connectivity index (χ2v) is 5.93. The molecule has 1 fully saturated rings. The molecule has 0 radical (unpaired) electrons. The van der Waals surface area contributed by atoms with Crippen LogP contribution in [0.5, 0.6) is 5.75 Å². The fraction of sp³-hybridized carbons (Fsp3) is 0.571. The highest BCUT2D eigenvalue weighted by Crippen LogP contribution is 2.25. The Hall–Kier alpha value is -0.0600. The summed E-state index contributed by atoms with van der Waals surface area (Å²) in [7, 11) is 0. The molecular formula is C14H18Br2O2. The number of alkyl halides is 1. The molecule has 1 aromatic carbocycles. The Morgan fingerprint density at radius 3 is 3.00 bits per heavy atom. The summed E-state index contributed by atoms with van der Waals surface area (Å²) in [4.78, 5) is 0. The molecule has 0 aromatic heterocycles. The predicted octanol–water partition coefficient (Wildman–Crippen LogP) is 4.68. The number of ether oxygens (including phenoxy) is 2. The minimum atomic E-state index is 0.469. The largest absolute Gasteiger partial charge is 0.494 e. The highest BCUT2D eigenvalue weighted by atomic mass is 79.9. The molecule has 0 saturated carbocycles. The van der Waals surface area contributed by atoms with Crippen molar-refractivity contribution < 1.29 is 9.47 Å². The third-order valence-electron chi connectivity index (χ3n) is 3.12. The molecule has 0 amide bonds. The van der Waals surface area contributed by atoms with Gasteiger partial charge in [-0.15, -0.1) is 0 Å². The zero-order valence-corrected chi connectivity index (χ0v) is 13.5. The van der Waals surface area contributed by atoms with E-state index in [1.54, 1.807) is 0 Å². The first kappa shape index (κ1) is 14.4. The van der Waals surface area contributed by atoms with E-state index in [0.29, 0.717) is 6.10 Å². The van der Waals surface area contributed by atoms with E-state index in [1.165, 1.54) is 18.4 Å². The topological polar surface area (TPSA) is 18.5 Å². The van der Waals surface area contributed by atoms with E-state index < -0.39 is 0 Å². The van der Waals surface area contributed by atoms with Gasteiger partial charge in [-0.1, -0.05) is 31.9 Å². The smallest absolute Gasteiger partial charge is 0.119 e. The zero-order valence-electron chi connectivity index (χ0n) is 10.3. The molecule has 1 saturated heterocycles. The van der Waals surface area contributed by atoms with Crippen LogP contribution in [0, 0.1) is 0 Å². The monoisotopic (exact) mass is 376 g/mol. The average molecular weight is 378 g/mol. The molecule has 1 aliphatic rings. The van der Waals surface area contributed by atoms with Gasteiger partial charge in [0.05, 0.1) is 12.7 Å². The lowest BCUT2D eigenvalue weighted by Crippen LogP contribution is -2.07. The fourth-order valence-electron chi connectivity index (χ4n) is 2.12. The number of rotatable bonds is 6. The van der Waals surface area contributed by atoms with E-state index >= 15 is 0 Å². The van der Waals surface area contributed by atoms with Crippen molar-refractivity contribution in [2.75, 3.05) is 13.2 Å². The lowest BCUT2D eigenvalue weighted by molar-refractivity contribution is 0.0981. The molecule has 1 aliphatic heterocycles. The Bertz CT molecular complexity index is 376.